The molecule has 0 saturated carbocycles. The highest BCUT2D eigenvalue weighted by Crippen LogP contribution is 2.44. The van der Waals surface area contributed by atoms with Gasteiger partial charge in [0, 0.05) is 5.92 Å². The van der Waals surface area contributed by atoms with E-state index in [1.165, 1.54) is 25.1 Å². The van der Waals surface area contributed by atoms with Gasteiger partial charge in [-0.15, -0.1) is 0 Å². The molecule has 1 unspecified atom stereocenters. The Labute approximate surface area is 184 Å². The number of fused-ring (bicyclic) bond motifs is 3. The maximum Gasteiger partial charge on any atom is 0.412 e. The standard InChI is InChI=1S/C24H21N3O5/c1-14(23(29)30)25-22(28)20-11-6-12-21(26-20)27-24(31)32-13-19-17-9-4-2-7-15(17)16-8-3-5-10-18(16)19/h2-12,14,19H,13H2,1H3,(H,25,28)(H,29,30)(H,26,27,31). The molecule has 0 radical (unpaired) electrons. The van der Waals surface area contributed by atoms with E-state index in [-0.39, 0.29) is 24.0 Å². The highest BCUT2D eigenvalue weighted by Gasteiger charge is 2.29. The number of rotatable bonds is 6. The number of carboxylic acids is 1. The number of nitrogens with zero attached hydrogens (tertiary/aromatic N) is 1. The first-order chi connectivity index (χ1) is 15.4. The summed E-state index contributed by atoms with van der Waals surface area (Å²) in [7, 11) is 0. The van der Waals surface area contributed by atoms with Crippen LogP contribution in [0.5, 0.6) is 0 Å². The molecule has 0 spiro atoms. The van der Waals surface area contributed by atoms with Crippen molar-refractivity contribution in [3.8, 4) is 11.1 Å². The summed E-state index contributed by atoms with van der Waals surface area (Å²) >= 11 is 0. The maximum atomic E-state index is 12.4. The normalized spacial score (nSPS) is 12.9. The number of aliphatic carboxylic acids is 1. The van der Waals surface area contributed by atoms with Gasteiger partial charge in [0.1, 0.15) is 24.2 Å². The molecule has 3 N–H and O–H groups in total. The molecule has 3 aromatic rings. The van der Waals surface area contributed by atoms with Crippen molar-refractivity contribution < 1.29 is 24.2 Å². The van der Waals surface area contributed by atoms with Gasteiger partial charge in [-0.1, -0.05) is 54.6 Å². The lowest BCUT2D eigenvalue weighted by Crippen LogP contribution is -2.38. The van der Waals surface area contributed by atoms with Gasteiger partial charge in [0.25, 0.3) is 5.91 Å². The summed E-state index contributed by atoms with van der Waals surface area (Å²) in [5.41, 5.74) is 4.45. The predicted octanol–water partition coefficient (Wildman–Crippen LogP) is 3.65. The largest absolute Gasteiger partial charge is 0.480 e. The monoisotopic (exact) mass is 431 g/mol. The Kier molecular flexibility index (Phi) is 5.85. The zero-order chi connectivity index (χ0) is 22.7. The molecule has 1 aromatic heterocycles. The Morgan fingerprint density at radius 1 is 0.969 bits per heavy atom. The number of hydrogen-bond donors (Lipinski definition) is 3. The Morgan fingerprint density at radius 3 is 2.22 bits per heavy atom. The van der Waals surface area contributed by atoms with Crippen LogP contribution in [0.15, 0.2) is 66.7 Å². The lowest BCUT2D eigenvalue weighted by atomic mass is 9.98. The van der Waals surface area contributed by atoms with Crippen molar-refractivity contribution in [2.24, 2.45) is 0 Å². The molecule has 0 fully saturated rings. The summed E-state index contributed by atoms with van der Waals surface area (Å²) in [6.07, 6.45) is -0.698. The number of anilines is 1. The van der Waals surface area contributed by atoms with Crippen LogP contribution in [0, 0.1) is 0 Å². The topological polar surface area (TPSA) is 118 Å². The van der Waals surface area contributed by atoms with E-state index in [0.29, 0.717) is 0 Å². The minimum absolute atomic E-state index is 0.0189. The zero-order valence-corrected chi connectivity index (χ0v) is 17.2. The van der Waals surface area contributed by atoms with Crippen LogP contribution in [0.25, 0.3) is 11.1 Å². The number of aromatic nitrogens is 1. The molecule has 1 aliphatic carbocycles. The van der Waals surface area contributed by atoms with Gasteiger partial charge in [0.15, 0.2) is 0 Å². The van der Waals surface area contributed by atoms with Gasteiger partial charge >= 0.3 is 12.1 Å². The van der Waals surface area contributed by atoms with Gasteiger partial charge in [0.05, 0.1) is 0 Å². The average Bonchev–Trinajstić information content (AvgIpc) is 3.11. The highest BCUT2D eigenvalue weighted by molar-refractivity contribution is 5.95. The minimum Gasteiger partial charge on any atom is -0.480 e. The Balaban J connectivity index is 1.41. The second-order valence-corrected chi connectivity index (χ2v) is 7.39. The quantitative estimate of drug-likeness (QED) is 0.548. The fraction of sp³-hybridized carbons (Fsp3) is 0.167. The second-order valence-electron chi connectivity index (χ2n) is 7.39. The number of carbonyl (C=O) groups is 3. The molecule has 0 aliphatic heterocycles. The molecule has 2 aromatic carbocycles. The first-order valence-corrected chi connectivity index (χ1v) is 10.1. The molecule has 2 amide bonds. The molecule has 0 bridgehead atoms. The van der Waals surface area contributed by atoms with Gasteiger partial charge in [-0.2, -0.15) is 0 Å². The van der Waals surface area contributed by atoms with Crippen LogP contribution in [0.2, 0.25) is 0 Å². The summed E-state index contributed by atoms with van der Waals surface area (Å²) in [5.74, 6) is -1.77. The number of nitrogens with one attached hydrogen (secondary N) is 2. The van der Waals surface area contributed by atoms with Crippen LogP contribution < -0.4 is 10.6 Å². The number of hydrogen-bond acceptors (Lipinski definition) is 5. The van der Waals surface area contributed by atoms with Gasteiger partial charge in [-0.25, -0.2) is 9.78 Å². The van der Waals surface area contributed by atoms with Crippen LogP contribution in [-0.2, 0) is 9.53 Å². The third-order valence-corrected chi connectivity index (χ3v) is 5.27. The van der Waals surface area contributed by atoms with E-state index in [1.54, 1.807) is 0 Å². The molecule has 1 atom stereocenters. The summed E-state index contributed by atoms with van der Waals surface area (Å²) in [6.45, 7) is 1.50. The van der Waals surface area contributed by atoms with Crippen molar-refractivity contribution in [1.29, 1.82) is 0 Å². The first kappa shape index (κ1) is 21.0. The van der Waals surface area contributed by atoms with Gasteiger partial charge in [-0.05, 0) is 41.3 Å². The fourth-order valence-electron chi connectivity index (χ4n) is 3.70. The Morgan fingerprint density at radius 2 is 1.59 bits per heavy atom. The Bertz CT molecular complexity index is 1150. The van der Waals surface area contributed by atoms with Crippen molar-refractivity contribution in [2.75, 3.05) is 11.9 Å². The molecular formula is C24H21N3O5. The fourth-order valence-corrected chi connectivity index (χ4v) is 3.70. The van der Waals surface area contributed by atoms with E-state index >= 15 is 0 Å². The molecule has 32 heavy (non-hydrogen) atoms. The lowest BCUT2D eigenvalue weighted by Gasteiger charge is -2.14. The van der Waals surface area contributed by atoms with Crippen LogP contribution in [0.3, 0.4) is 0 Å². The maximum absolute atomic E-state index is 12.4. The molecule has 4 rings (SSSR count). The van der Waals surface area contributed by atoms with Crippen LogP contribution in [-0.4, -0.2) is 40.7 Å². The van der Waals surface area contributed by atoms with Crippen LogP contribution in [0.4, 0.5) is 10.6 Å². The van der Waals surface area contributed by atoms with Crippen molar-refractivity contribution in [3.05, 3.63) is 83.6 Å². The van der Waals surface area contributed by atoms with E-state index < -0.39 is 24.0 Å². The van der Waals surface area contributed by atoms with E-state index in [9.17, 15) is 14.4 Å². The van der Waals surface area contributed by atoms with Gasteiger partial charge in [0.2, 0.25) is 0 Å². The minimum atomic E-state index is -1.16. The van der Waals surface area contributed by atoms with Crippen molar-refractivity contribution >= 4 is 23.8 Å². The second kappa shape index (κ2) is 8.89. The average molecular weight is 431 g/mol. The third-order valence-electron chi connectivity index (χ3n) is 5.27. The summed E-state index contributed by atoms with van der Waals surface area (Å²) in [4.78, 5) is 39.5. The highest BCUT2D eigenvalue weighted by atomic mass is 16.5. The van der Waals surface area contributed by atoms with E-state index in [2.05, 4.69) is 27.8 Å². The molecule has 8 nitrogen and oxygen atoms in total. The first-order valence-electron chi connectivity index (χ1n) is 10.1. The van der Waals surface area contributed by atoms with Crippen molar-refractivity contribution in [1.82, 2.24) is 10.3 Å². The molecule has 0 saturated heterocycles. The van der Waals surface area contributed by atoms with Gasteiger partial charge in [-0.3, -0.25) is 14.9 Å². The van der Waals surface area contributed by atoms with E-state index in [1.807, 2.05) is 36.4 Å². The number of pyridine rings is 1. The van der Waals surface area contributed by atoms with Gasteiger partial charge < -0.3 is 15.2 Å². The van der Waals surface area contributed by atoms with Crippen LogP contribution in [0.1, 0.15) is 34.5 Å². The summed E-state index contributed by atoms with van der Waals surface area (Å²) in [6, 6.07) is 19.5. The molecule has 1 aliphatic rings. The van der Waals surface area contributed by atoms with Crippen molar-refractivity contribution in [3.63, 3.8) is 0 Å². The number of amides is 2. The molecule has 162 valence electrons. The lowest BCUT2D eigenvalue weighted by molar-refractivity contribution is -0.138. The number of benzene rings is 2. The number of carboxylic acid groups (broad SMARTS) is 1. The summed E-state index contributed by atoms with van der Waals surface area (Å²) < 4.78 is 5.47. The smallest absolute Gasteiger partial charge is 0.412 e. The van der Waals surface area contributed by atoms with Crippen LogP contribution >= 0.6 is 0 Å². The Hall–Kier alpha value is -4.20. The molecular weight excluding hydrogens is 410 g/mol. The molecule has 8 heteroatoms. The van der Waals surface area contributed by atoms with Crippen molar-refractivity contribution in [2.45, 2.75) is 18.9 Å². The van der Waals surface area contributed by atoms with E-state index in [0.717, 1.165) is 22.3 Å². The van der Waals surface area contributed by atoms with E-state index in [4.69, 9.17) is 9.84 Å². The predicted molar refractivity (Wildman–Crippen MR) is 117 cm³/mol. The summed E-state index contributed by atoms with van der Waals surface area (Å²) in [5, 5.41) is 13.7. The SMILES string of the molecule is CC(NC(=O)c1cccc(NC(=O)OCC2c3ccccc3-c3ccccc32)n1)C(=O)O. The number of carbonyl (C=O) groups excluding carboxylic acids is 2. The molecule has 1 heterocycles. The number of ether oxygens (including phenoxy) is 1. The zero-order valence-electron chi connectivity index (χ0n) is 17.2. The third kappa shape index (κ3) is 4.29.